The molecule has 1 heterocycles. The van der Waals surface area contributed by atoms with E-state index in [9.17, 15) is 14.9 Å². The second-order valence-corrected chi connectivity index (χ2v) is 5.02. The van der Waals surface area contributed by atoms with Crippen molar-refractivity contribution in [2.75, 3.05) is 11.4 Å². The molecule has 0 saturated carbocycles. The third-order valence-electron chi connectivity index (χ3n) is 3.37. The highest BCUT2D eigenvalue weighted by Gasteiger charge is 2.24. The first-order chi connectivity index (χ1) is 11.0. The van der Waals surface area contributed by atoms with Crippen molar-refractivity contribution in [1.82, 2.24) is 4.98 Å². The average Bonchev–Trinajstić information content (AvgIpc) is 2.59. The van der Waals surface area contributed by atoms with E-state index >= 15 is 0 Å². The van der Waals surface area contributed by atoms with Crippen LogP contribution in [0.5, 0.6) is 0 Å². The number of aliphatic carboxylic acids is 1. The summed E-state index contributed by atoms with van der Waals surface area (Å²) in [6.07, 6.45) is 2.98. The summed E-state index contributed by atoms with van der Waals surface area (Å²) in [5.41, 5.74) is 1.09. The van der Waals surface area contributed by atoms with E-state index in [-0.39, 0.29) is 12.5 Å². The SMILES string of the molecule is CC(CN(C(=O)c1ccncc1)c1ccccc1C#N)C(=O)O. The quantitative estimate of drug-likeness (QED) is 0.914. The summed E-state index contributed by atoms with van der Waals surface area (Å²) in [5.74, 6) is -2.15. The number of pyridine rings is 1. The molecule has 1 amide bonds. The van der Waals surface area contributed by atoms with Gasteiger partial charge in [0.15, 0.2) is 0 Å². The van der Waals surface area contributed by atoms with Gasteiger partial charge in [0.2, 0.25) is 0 Å². The van der Waals surface area contributed by atoms with E-state index < -0.39 is 11.9 Å². The summed E-state index contributed by atoms with van der Waals surface area (Å²) >= 11 is 0. The Bertz CT molecular complexity index is 753. The molecular weight excluding hydrogens is 294 g/mol. The van der Waals surface area contributed by atoms with Crippen molar-refractivity contribution in [2.45, 2.75) is 6.92 Å². The van der Waals surface area contributed by atoms with Crippen LogP contribution in [0, 0.1) is 17.2 Å². The van der Waals surface area contributed by atoms with E-state index in [4.69, 9.17) is 5.11 Å². The lowest BCUT2D eigenvalue weighted by molar-refractivity contribution is -0.140. The fraction of sp³-hybridized carbons (Fsp3) is 0.176. The molecular formula is C17H15N3O3. The lowest BCUT2D eigenvalue weighted by Crippen LogP contribution is -2.37. The van der Waals surface area contributed by atoms with E-state index in [1.165, 1.54) is 24.2 Å². The number of para-hydroxylation sites is 1. The highest BCUT2D eigenvalue weighted by molar-refractivity contribution is 6.07. The van der Waals surface area contributed by atoms with Crippen LogP contribution < -0.4 is 4.90 Å². The van der Waals surface area contributed by atoms with Gasteiger partial charge >= 0.3 is 5.97 Å². The maximum Gasteiger partial charge on any atom is 0.308 e. The van der Waals surface area contributed by atoms with Crippen LogP contribution in [0.25, 0.3) is 0 Å². The fourth-order valence-electron chi connectivity index (χ4n) is 2.10. The summed E-state index contributed by atoms with van der Waals surface area (Å²) in [4.78, 5) is 29.1. The van der Waals surface area contributed by atoms with Gasteiger partial charge in [0.05, 0.1) is 17.2 Å². The summed E-state index contributed by atoms with van der Waals surface area (Å²) < 4.78 is 0. The van der Waals surface area contributed by atoms with Crippen LogP contribution in [0.15, 0.2) is 48.8 Å². The Hall–Kier alpha value is -3.20. The molecule has 0 radical (unpaired) electrons. The van der Waals surface area contributed by atoms with Crippen molar-refractivity contribution in [3.63, 3.8) is 0 Å². The first-order valence-corrected chi connectivity index (χ1v) is 6.98. The zero-order valence-electron chi connectivity index (χ0n) is 12.5. The molecule has 6 nitrogen and oxygen atoms in total. The molecule has 2 rings (SSSR count). The number of carboxylic acid groups (broad SMARTS) is 1. The Morgan fingerprint density at radius 1 is 1.26 bits per heavy atom. The van der Waals surface area contributed by atoms with E-state index in [0.717, 1.165) is 0 Å². The molecule has 23 heavy (non-hydrogen) atoms. The predicted octanol–water partition coefficient (Wildman–Crippen LogP) is 2.32. The van der Waals surface area contributed by atoms with Crippen LogP contribution in [-0.4, -0.2) is 28.5 Å². The summed E-state index contributed by atoms with van der Waals surface area (Å²) in [5, 5.41) is 18.4. The molecule has 0 aliphatic rings. The third-order valence-corrected chi connectivity index (χ3v) is 3.37. The number of carbonyl (C=O) groups excluding carboxylic acids is 1. The number of nitriles is 1. The van der Waals surface area contributed by atoms with Gasteiger partial charge in [-0.05, 0) is 24.3 Å². The minimum atomic E-state index is -1.01. The normalized spacial score (nSPS) is 11.3. The summed E-state index contributed by atoms with van der Waals surface area (Å²) in [7, 11) is 0. The van der Waals surface area contributed by atoms with Gasteiger partial charge in [-0.25, -0.2) is 0 Å². The number of carboxylic acids is 1. The molecule has 0 bridgehead atoms. The maximum atomic E-state index is 12.8. The molecule has 1 aromatic carbocycles. The number of benzene rings is 1. The van der Waals surface area contributed by atoms with Crippen molar-refractivity contribution in [1.29, 1.82) is 5.26 Å². The van der Waals surface area contributed by atoms with Crippen LogP contribution >= 0.6 is 0 Å². The Morgan fingerprint density at radius 3 is 2.52 bits per heavy atom. The van der Waals surface area contributed by atoms with Gasteiger partial charge in [0, 0.05) is 24.5 Å². The zero-order valence-corrected chi connectivity index (χ0v) is 12.5. The first kappa shape index (κ1) is 16.2. The first-order valence-electron chi connectivity index (χ1n) is 6.98. The Labute approximate surface area is 133 Å². The van der Waals surface area contributed by atoms with Crippen LogP contribution in [0.2, 0.25) is 0 Å². The molecule has 6 heteroatoms. The molecule has 0 saturated heterocycles. The minimum Gasteiger partial charge on any atom is -0.481 e. The number of aromatic nitrogens is 1. The highest BCUT2D eigenvalue weighted by atomic mass is 16.4. The van der Waals surface area contributed by atoms with Crippen molar-refractivity contribution in [3.8, 4) is 6.07 Å². The van der Waals surface area contributed by atoms with E-state index in [1.54, 1.807) is 36.4 Å². The second-order valence-electron chi connectivity index (χ2n) is 5.02. The van der Waals surface area contributed by atoms with E-state index in [2.05, 4.69) is 4.98 Å². The fourth-order valence-corrected chi connectivity index (χ4v) is 2.10. The van der Waals surface area contributed by atoms with Crippen LogP contribution in [0.4, 0.5) is 5.69 Å². The molecule has 2 aromatic rings. The van der Waals surface area contributed by atoms with E-state index in [1.807, 2.05) is 6.07 Å². The topological polar surface area (TPSA) is 94.3 Å². The van der Waals surface area contributed by atoms with Gasteiger partial charge < -0.3 is 10.0 Å². The van der Waals surface area contributed by atoms with Gasteiger partial charge in [-0.3, -0.25) is 14.6 Å². The Kier molecular flexibility index (Phi) is 5.05. The number of carbonyl (C=O) groups is 2. The van der Waals surface area contributed by atoms with Crippen LogP contribution in [-0.2, 0) is 4.79 Å². The van der Waals surface area contributed by atoms with Crippen LogP contribution in [0.1, 0.15) is 22.8 Å². The lowest BCUT2D eigenvalue weighted by Gasteiger charge is -2.25. The average molecular weight is 309 g/mol. The van der Waals surface area contributed by atoms with E-state index in [0.29, 0.717) is 16.8 Å². The predicted molar refractivity (Wildman–Crippen MR) is 83.9 cm³/mol. The number of hydrogen-bond acceptors (Lipinski definition) is 4. The zero-order chi connectivity index (χ0) is 16.8. The van der Waals surface area contributed by atoms with Gasteiger partial charge in [0.25, 0.3) is 5.91 Å². The molecule has 1 atom stereocenters. The number of rotatable bonds is 5. The summed E-state index contributed by atoms with van der Waals surface area (Å²) in [6, 6.07) is 11.8. The number of nitrogens with zero attached hydrogens (tertiary/aromatic N) is 3. The molecule has 0 spiro atoms. The maximum absolute atomic E-state index is 12.8. The molecule has 1 N–H and O–H groups in total. The van der Waals surface area contributed by atoms with Gasteiger partial charge in [-0.1, -0.05) is 19.1 Å². The van der Waals surface area contributed by atoms with Crippen LogP contribution in [0.3, 0.4) is 0 Å². The summed E-state index contributed by atoms with van der Waals surface area (Å²) in [6.45, 7) is 1.49. The highest BCUT2D eigenvalue weighted by Crippen LogP contribution is 2.23. The third kappa shape index (κ3) is 3.71. The van der Waals surface area contributed by atoms with Crippen molar-refractivity contribution >= 4 is 17.6 Å². The number of amides is 1. The lowest BCUT2D eigenvalue weighted by atomic mass is 10.1. The molecule has 1 aromatic heterocycles. The minimum absolute atomic E-state index is 0.0326. The van der Waals surface area contributed by atoms with Gasteiger partial charge in [-0.15, -0.1) is 0 Å². The van der Waals surface area contributed by atoms with Gasteiger partial charge in [0.1, 0.15) is 6.07 Å². The molecule has 0 aliphatic heterocycles. The molecule has 116 valence electrons. The number of anilines is 1. The molecule has 0 fully saturated rings. The largest absolute Gasteiger partial charge is 0.481 e. The molecule has 1 unspecified atom stereocenters. The number of hydrogen-bond donors (Lipinski definition) is 1. The Balaban J connectivity index is 2.46. The van der Waals surface area contributed by atoms with Crippen molar-refractivity contribution in [3.05, 3.63) is 59.9 Å². The second kappa shape index (κ2) is 7.18. The van der Waals surface area contributed by atoms with Gasteiger partial charge in [-0.2, -0.15) is 5.26 Å². The Morgan fingerprint density at radius 2 is 1.91 bits per heavy atom. The standard InChI is InChI=1S/C17H15N3O3/c1-12(17(22)23)11-20(15-5-3-2-4-14(15)10-18)16(21)13-6-8-19-9-7-13/h2-9,12H,11H2,1H3,(H,22,23). The van der Waals surface area contributed by atoms with Crippen molar-refractivity contribution < 1.29 is 14.7 Å². The smallest absolute Gasteiger partial charge is 0.308 e. The van der Waals surface area contributed by atoms with Crippen molar-refractivity contribution in [2.24, 2.45) is 5.92 Å². The molecule has 0 aliphatic carbocycles. The monoisotopic (exact) mass is 309 g/mol.